The summed E-state index contributed by atoms with van der Waals surface area (Å²) in [6.07, 6.45) is 4.44. The van der Waals surface area contributed by atoms with E-state index in [2.05, 4.69) is 55.0 Å². The molecule has 0 N–H and O–H groups in total. The molecule has 4 aromatic rings. The molecule has 0 saturated carbocycles. The van der Waals surface area contributed by atoms with Crippen LogP contribution in [0, 0.1) is 0 Å². The van der Waals surface area contributed by atoms with Crippen molar-refractivity contribution in [2.24, 2.45) is 0 Å². The van der Waals surface area contributed by atoms with Crippen LogP contribution in [-0.4, -0.2) is 9.97 Å². The topological polar surface area (TPSA) is 38.9 Å². The Morgan fingerprint density at radius 1 is 1.17 bits per heavy atom. The van der Waals surface area contributed by atoms with Gasteiger partial charge in [0, 0.05) is 16.5 Å². The summed E-state index contributed by atoms with van der Waals surface area (Å²) in [4.78, 5) is 11.2. The van der Waals surface area contributed by atoms with Gasteiger partial charge in [-0.2, -0.15) is 0 Å². The number of hydrogen-bond acceptors (Lipinski definition) is 4. The van der Waals surface area contributed by atoms with Gasteiger partial charge in [-0.1, -0.05) is 32.9 Å². The van der Waals surface area contributed by atoms with Crippen molar-refractivity contribution >= 4 is 32.7 Å². The Labute approximate surface area is 145 Å². The zero-order valence-corrected chi connectivity index (χ0v) is 14.9. The second-order valence-corrected chi connectivity index (χ2v) is 8.11. The van der Waals surface area contributed by atoms with Gasteiger partial charge in [0.05, 0.1) is 0 Å². The maximum absolute atomic E-state index is 5.45. The fraction of sp³-hybridized carbons (Fsp3) is 0.300. The fourth-order valence-electron chi connectivity index (χ4n) is 3.37. The van der Waals surface area contributed by atoms with E-state index in [-0.39, 0.29) is 5.41 Å². The molecule has 3 nitrogen and oxygen atoms in total. The van der Waals surface area contributed by atoms with Crippen LogP contribution in [0.1, 0.15) is 43.6 Å². The summed E-state index contributed by atoms with van der Waals surface area (Å²) in [7, 11) is 0. The summed E-state index contributed by atoms with van der Waals surface area (Å²) in [5, 5.41) is 1.24. The minimum atomic E-state index is 0.0984. The summed E-state index contributed by atoms with van der Waals surface area (Å²) in [6.45, 7) is 6.92. The number of fused-ring (bicyclic) bond motifs is 2. The van der Waals surface area contributed by atoms with Crippen LogP contribution >= 0.6 is 11.3 Å². The zero-order valence-electron chi connectivity index (χ0n) is 14.1. The second kappa shape index (κ2) is 5.71. The molecule has 1 atom stereocenters. The molecule has 3 heterocycles. The minimum Gasteiger partial charge on any atom is -0.443 e. The van der Waals surface area contributed by atoms with Gasteiger partial charge < -0.3 is 4.42 Å². The van der Waals surface area contributed by atoms with Crippen molar-refractivity contribution in [3.05, 3.63) is 59.4 Å². The van der Waals surface area contributed by atoms with Gasteiger partial charge in [-0.3, -0.25) is 0 Å². The van der Waals surface area contributed by atoms with Gasteiger partial charge in [-0.05, 0) is 47.6 Å². The number of rotatable bonds is 4. The predicted molar refractivity (Wildman–Crippen MR) is 99.7 cm³/mol. The molecule has 1 unspecified atom stereocenters. The van der Waals surface area contributed by atoms with E-state index in [1.54, 1.807) is 11.3 Å². The number of nitrogens with zero attached hydrogens (tertiary/aromatic N) is 2. The lowest BCUT2D eigenvalue weighted by atomic mass is 9.79. The van der Waals surface area contributed by atoms with Gasteiger partial charge in [0.2, 0.25) is 0 Å². The van der Waals surface area contributed by atoms with E-state index in [0.717, 1.165) is 22.4 Å². The molecular weight excluding hydrogens is 316 g/mol. The number of benzene rings is 1. The summed E-state index contributed by atoms with van der Waals surface area (Å²) < 4.78 is 5.45. The first kappa shape index (κ1) is 15.3. The van der Waals surface area contributed by atoms with Crippen LogP contribution in [0.2, 0.25) is 0 Å². The Balaban J connectivity index is 1.61. The van der Waals surface area contributed by atoms with Crippen LogP contribution in [0.15, 0.2) is 53.4 Å². The van der Waals surface area contributed by atoms with Gasteiger partial charge in [0.1, 0.15) is 10.3 Å². The van der Waals surface area contributed by atoms with E-state index < -0.39 is 0 Å². The van der Waals surface area contributed by atoms with Gasteiger partial charge in [-0.25, -0.2) is 9.97 Å². The Kier molecular flexibility index (Phi) is 3.65. The van der Waals surface area contributed by atoms with Crippen molar-refractivity contribution in [1.82, 2.24) is 9.97 Å². The van der Waals surface area contributed by atoms with Crippen LogP contribution in [0.4, 0.5) is 0 Å². The molecule has 0 bridgehead atoms. The summed E-state index contributed by atoms with van der Waals surface area (Å²) in [6, 6.07) is 12.8. The van der Waals surface area contributed by atoms with E-state index >= 15 is 0 Å². The Morgan fingerprint density at radius 3 is 2.88 bits per heavy atom. The molecule has 0 aliphatic heterocycles. The first-order chi connectivity index (χ1) is 11.5. The number of oxazole rings is 1. The van der Waals surface area contributed by atoms with Crippen LogP contribution in [0.25, 0.3) is 21.3 Å². The van der Waals surface area contributed by atoms with Gasteiger partial charge in [0.15, 0.2) is 12.0 Å². The van der Waals surface area contributed by atoms with Crippen molar-refractivity contribution in [2.75, 3.05) is 0 Å². The lowest BCUT2D eigenvalue weighted by Gasteiger charge is -2.27. The number of aromatic nitrogens is 2. The highest BCUT2D eigenvalue weighted by atomic mass is 32.1. The molecule has 0 radical (unpaired) electrons. The lowest BCUT2D eigenvalue weighted by molar-refractivity contribution is 0.446. The molecular formula is C20H20N2OS. The van der Waals surface area contributed by atoms with E-state index in [4.69, 9.17) is 4.42 Å². The zero-order chi connectivity index (χ0) is 16.7. The maximum atomic E-state index is 5.45. The third-order valence-electron chi connectivity index (χ3n) is 4.70. The Morgan fingerprint density at radius 2 is 2.04 bits per heavy atom. The largest absolute Gasteiger partial charge is 0.443 e. The number of pyridine rings is 1. The van der Waals surface area contributed by atoms with Crippen LogP contribution in [0.3, 0.4) is 0 Å². The number of hydrogen-bond donors (Lipinski definition) is 0. The van der Waals surface area contributed by atoms with Crippen molar-refractivity contribution in [3.8, 4) is 0 Å². The summed E-state index contributed by atoms with van der Waals surface area (Å²) >= 11 is 1.81. The normalized spacial score (nSPS) is 13.6. The molecule has 3 aromatic heterocycles. The fourth-order valence-corrected chi connectivity index (χ4v) is 4.48. The highest BCUT2D eigenvalue weighted by molar-refractivity contribution is 7.18. The third kappa shape index (κ3) is 2.71. The molecule has 4 heteroatoms. The van der Waals surface area contributed by atoms with Gasteiger partial charge in [-0.15, -0.1) is 11.3 Å². The quantitative estimate of drug-likeness (QED) is 0.465. The monoisotopic (exact) mass is 336 g/mol. The van der Waals surface area contributed by atoms with Crippen LogP contribution in [0.5, 0.6) is 0 Å². The molecule has 1 aromatic carbocycles. The van der Waals surface area contributed by atoms with Crippen LogP contribution < -0.4 is 0 Å². The number of thiophene rings is 1. The smallest absolute Gasteiger partial charge is 0.181 e. The van der Waals surface area contributed by atoms with Crippen molar-refractivity contribution in [3.63, 3.8) is 0 Å². The van der Waals surface area contributed by atoms with E-state index in [0.29, 0.717) is 5.92 Å². The minimum absolute atomic E-state index is 0.0984. The lowest BCUT2D eigenvalue weighted by Crippen LogP contribution is -2.18. The van der Waals surface area contributed by atoms with Gasteiger partial charge >= 0.3 is 0 Å². The molecule has 0 aliphatic rings. The third-order valence-corrected chi connectivity index (χ3v) is 6.13. The van der Waals surface area contributed by atoms with Crippen molar-refractivity contribution < 1.29 is 4.42 Å². The molecule has 0 amide bonds. The van der Waals surface area contributed by atoms with E-state index in [9.17, 15) is 0 Å². The highest BCUT2D eigenvalue weighted by Gasteiger charge is 2.26. The average molecular weight is 336 g/mol. The maximum Gasteiger partial charge on any atom is 0.181 e. The van der Waals surface area contributed by atoms with Gasteiger partial charge in [0.25, 0.3) is 0 Å². The molecule has 0 fully saturated rings. The molecule has 4 rings (SSSR count). The Hall–Kier alpha value is -2.20. The van der Waals surface area contributed by atoms with Crippen LogP contribution in [-0.2, 0) is 5.41 Å². The molecule has 0 aliphatic carbocycles. The molecule has 122 valence electrons. The standard InChI is InChI=1S/C20H20N2OS/c1-13(14-6-7-16-17(9-14)23-12-22-16)11-20(2,3)18-10-15-5-4-8-21-19(15)24-18/h4-10,12-13H,11H2,1-3H3. The molecule has 24 heavy (non-hydrogen) atoms. The van der Waals surface area contributed by atoms with E-state index in [1.807, 2.05) is 18.3 Å². The van der Waals surface area contributed by atoms with Crippen molar-refractivity contribution in [2.45, 2.75) is 38.5 Å². The predicted octanol–water partition coefficient (Wildman–Crippen LogP) is 5.91. The molecule has 0 saturated heterocycles. The second-order valence-electron chi connectivity index (χ2n) is 7.08. The summed E-state index contributed by atoms with van der Waals surface area (Å²) in [5.41, 5.74) is 3.18. The first-order valence-electron chi connectivity index (χ1n) is 8.21. The SMILES string of the molecule is CC(CC(C)(C)c1cc2cccnc2s1)c1ccc2ncoc2c1. The first-order valence-corrected chi connectivity index (χ1v) is 9.03. The average Bonchev–Trinajstić information content (AvgIpc) is 3.20. The Bertz CT molecular complexity index is 966. The van der Waals surface area contributed by atoms with Crippen molar-refractivity contribution in [1.29, 1.82) is 0 Å². The van der Waals surface area contributed by atoms with E-state index in [1.165, 1.54) is 22.2 Å². The highest BCUT2D eigenvalue weighted by Crippen LogP contribution is 2.40. The molecule has 0 spiro atoms. The summed E-state index contributed by atoms with van der Waals surface area (Å²) in [5.74, 6) is 0.438.